The Labute approximate surface area is 250 Å². The molecule has 0 aromatic carbocycles. The zero-order valence-corrected chi connectivity index (χ0v) is 26.3. The lowest BCUT2D eigenvalue weighted by Gasteiger charge is -2.24. The third-order valence-corrected chi connectivity index (χ3v) is 8.70. The van der Waals surface area contributed by atoms with E-state index in [1.54, 1.807) is 21.8 Å². The maximum atomic E-state index is 6.01. The third-order valence-electron chi connectivity index (χ3n) is 7.18. The van der Waals surface area contributed by atoms with Gasteiger partial charge in [0.2, 0.25) is 0 Å². The van der Waals surface area contributed by atoms with Crippen molar-refractivity contribution in [2.24, 2.45) is 0 Å². The van der Waals surface area contributed by atoms with Crippen LogP contribution in [-0.4, -0.2) is 64.7 Å². The Morgan fingerprint density at radius 1 is 0.700 bits per heavy atom. The lowest BCUT2D eigenvalue weighted by Crippen LogP contribution is -2.28. The van der Waals surface area contributed by atoms with Crippen LogP contribution in [0.15, 0.2) is 33.7 Å². The van der Waals surface area contributed by atoms with Gasteiger partial charge >= 0.3 is 0 Å². The average Bonchev–Trinajstić information content (AvgIpc) is 3.73. The van der Waals surface area contributed by atoms with Crippen molar-refractivity contribution in [3.05, 3.63) is 44.9 Å². The summed E-state index contributed by atoms with van der Waals surface area (Å²) in [4.78, 5) is 22.4. The minimum Gasteiger partial charge on any atom is -0.383 e. The highest BCUT2D eigenvalue weighted by Crippen LogP contribution is 2.35. The van der Waals surface area contributed by atoms with Gasteiger partial charge in [0.25, 0.3) is 11.9 Å². The number of rotatable bonds is 4. The summed E-state index contributed by atoms with van der Waals surface area (Å²) >= 11 is 7.02. The Morgan fingerprint density at radius 3 is 1.40 bits per heavy atom. The first-order valence-electron chi connectivity index (χ1n) is 13.3. The van der Waals surface area contributed by atoms with Gasteiger partial charge in [-0.15, -0.1) is 0 Å². The average molecular weight is 674 g/mol. The molecule has 0 amide bonds. The van der Waals surface area contributed by atoms with Crippen molar-refractivity contribution in [2.75, 3.05) is 34.4 Å². The predicted octanol–water partition coefficient (Wildman–Crippen LogP) is 4.61. The van der Waals surface area contributed by atoms with Crippen molar-refractivity contribution >= 4 is 55.1 Å². The maximum absolute atomic E-state index is 6.01. The molecule has 0 bridgehead atoms. The standard InChI is InChI=1S/2C13H17BrN6/c2*1-8-6-16-20(7-8)13-17-11(15)10(14)12(18-13)19-5-3-4-9(19)2/h2*6-7,9H,3-5H2,1-2H3,(H2,15,17,18)/t9-;/m1./s1. The van der Waals surface area contributed by atoms with E-state index in [1.165, 1.54) is 25.7 Å². The molecule has 2 aliphatic rings. The predicted molar refractivity (Wildman–Crippen MR) is 164 cm³/mol. The molecule has 6 heterocycles. The molecule has 40 heavy (non-hydrogen) atoms. The van der Waals surface area contributed by atoms with E-state index in [-0.39, 0.29) is 0 Å². The number of hydrogen-bond donors (Lipinski definition) is 2. The van der Waals surface area contributed by atoms with Gasteiger partial charge < -0.3 is 21.3 Å². The van der Waals surface area contributed by atoms with Crippen LogP contribution in [0.2, 0.25) is 0 Å². The highest BCUT2D eigenvalue weighted by atomic mass is 79.9. The van der Waals surface area contributed by atoms with Crippen LogP contribution in [0.4, 0.5) is 23.3 Å². The number of hydrogen-bond acceptors (Lipinski definition) is 10. The summed E-state index contributed by atoms with van der Waals surface area (Å²) in [5.74, 6) is 3.60. The molecule has 2 atom stereocenters. The van der Waals surface area contributed by atoms with Crippen LogP contribution < -0.4 is 21.3 Å². The number of nitrogens with zero attached hydrogens (tertiary/aromatic N) is 10. The molecule has 2 saturated heterocycles. The van der Waals surface area contributed by atoms with E-state index < -0.39 is 0 Å². The summed E-state index contributed by atoms with van der Waals surface area (Å²) in [6.07, 6.45) is 12.0. The molecule has 0 spiro atoms. The Kier molecular flexibility index (Phi) is 8.26. The van der Waals surface area contributed by atoms with Gasteiger partial charge in [0.05, 0.1) is 12.4 Å². The molecule has 12 nitrogen and oxygen atoms in total. The van der Waals surface area contributed by atoms with Crippen LogP contribution in [0, 0.1) is 13.8 Å². The number of nitrogens with two attached hydrogens (primary N) is 2. The van der Waals surface area contributed by atoms with Gasteiger partial charge in [-0.2, -0.15) is 30.1 Å². The molecule has 0 radical (unpaired) electrons. The molecular formula is C26H34Br2N12. The van der Waals surface area contributed by atoms with Gasteiger partial charge in [0.1, 0.15) is 20.6 Å². The molecule has 0 saturated carbocycles. The first kappa shape index (κ1) is 28.3. The van der Waals surface area contributed by atoms with Crippen molar-refractivity contribution in [2.45, 2.75) is 65.5 Å². The summed E-state index contributed by atoms with van der Waals surface area (Å²) in [5.41, 5.74) is 14.1. The van der Waals surface area contributed by atoms with Gasteiger partial charge in [-0.1, -0.05) is 0 Å². The van der Waals surface area contributed by atoms with E-state index in [9.17, 15) is 0 Å². The number of aromatic nitrogens is 8. The molecule has 4 N–H and O–H groups in total. The molecule has 2 fully saturated rings. The Morgan fingerprint density at radius 2 is 1.10 bits per heavy atom. The smallest absolute Gasteiger partial charge is 0.254 e. The molecule has 1 unspecified atom stereocenters. The minimum atomic E-state index is 0.442. The second-order valence-electron chi connectivity index (χ2n) is 10.4. The summed E-state index contributed by atoms with van der Waals surface area (Å²) in [7, 11) is 0. The fourth-order valence-electron chi connectivity index (χ4n) is 5.01. The molecule has 212 valence electrons. The second kappa shape index (κ2) is 11.7. The van der Waals surface area contributed by atoms with E-state index in [2.05, 4.69) is 85.6 Å². The fourth-order valence-corrected chi connectivity index (χ4v) is 5.82. The van der Waals surface area contributed by atoms with Gasteiger partial charge in [-0.25, -0.2) is 9.36 Å². The monoisotopic (exact) mass is 672 g/mol. The number of aryl methyl sites for hydroxylation is 2. The fraction of sp³-hybridized carbons (Fsp3) is 0.462. The van der Waals surface area contributed by atoms with Crippen LogP contribution in [-0.2, 0) is 0 Å². The molecule has 4 aromatic heterocycles. The maximum Gasteiger partial charge on any atom is 0.254 e. The van der Waals surface area contributed by atoms with Crippen LogP contribution in [0.1, 0.15) is 50.7 Å². The normalized spacial score (nSPS) is 18.8. The lowest BCUT2D eigenvalue weighted by molar-refractivity contribution is 0.717. The summed E-state index contributed by atoms with van der Waals surface area (Å²) in [6, 6.07) is 0.931. The summed E-state index contributed by atoms with van der Waals surface area (Å²) in [5, 5.41) is 8.49. The van der Waals surface area contributed by atoms with E-state index >= 15 is 0 Å². The largest absolute Gasteiger partial charge is 0.383 e. The SMILES string of the molecule is Cc1cnn(-c2nc(N)c(Br)c(N3CCCC3C)n2)c1.Cc1cnn(-c2nc(N)c(Br)c(N3CCC[C@H]3C)n2)c1. The quantitative estimate of drug-likeness (QED) is 0.315. The van der Waals surface area contributed by atoms with Gasteiger partial charge in [-0.3, -0.25) is 0 Å². The van der Waals surface area contributed by atoms with Crippen molar-refractivity contribution in [3.63, 3.8) is 0 Å². The minimum absolute atomic E-state index is 0.442. The van der Waals surface area contributed by atoms with Crippen LogP contribution >= 0.6 is 31.9 Å². The van der Waals surface area contributed by atoms with Crippen LogP contribution in [0.25, 0.3) is 11.9 Å². The van der Waals surface area contributed by atoms with Gasteiger partial charge in [-0.05, 0) is 96.4 Å². The number of halogens is 2. The van der Waals surface area contributed by atoms with Gasteiger partial charge in [0, 0.05) is 37.6 Å². The molecule has 4 aromatic rings. The Hall–Kier alpha value is -3.26. The zero-order valence-electron chi connectivity index (χ0n) is 23.1. The van der Waals surface area contributed by atoms with E-state index in [1.807, 2.05) is 26.2 Å². The summed E-state index contributed by atoms with van der Waals surface area (Å²) in [6.45, 7) is 10.4. The van der Waals surface area contributed by atoms with Crippen molar-refractivity contribution < 1.29 is 0 Å². The number of anilines is 4. The molecule has 0 aliphatic carbocycles. The molecule has 14 heteroatoms. The first-order valence-corrected chi connectivity index (χ1v) is 14.9. The van der Waals surface area contributed by atoms with E-state index in [4.69, 9.17) is 11.5 Å². The highest BCUT2D eigenvalue weighted by molar-refractivity contribution is 9.11. The first-order chi connectivity index (χ1) is 19.1. The highest BCUT2D eigenvalue weighted by Gasteiger charge is 2.27. The topological polar surface area (TPSA) is 146 Å². The van der Waals surface area contributed by atoms with E-state index in [0.29, 0.717) is 35.6 Å². The van der Waals surface area contributed by atoms with Crippen LogP contribution in [0.5, 0.6) is 0 Å². The van der Waals surface area contributed by atoms with Crippen molar-refractivity contribution in [1.82, 2.24) is 39.5 Å². The van der Waals surface area contributed by atoms with Crippen molar-refractivity contribution in [1.29, 1.82) is 0 Å². The molecule has 6 rings (SSSR count). The molecule has 2 aliphatic heterocycles. The van der Waals surface area contributed by atoms with E-state index in [0.717, 1.165) is 44.8 Å². The Balaban J connectivity index is 0.000000161. The lowest BCUT2D eigenvalue weighted by atomic mass is 10.2. The Bertz CT molecular complexity index is 1390. The summed E-state index contributed by atoms with van der Waals surface area (Å²) < 4.78 is 4.84. The third kappa shape index (κ3) is 5.78. The van der Waals surface area contributed by atoms with Crippen molar-refractivity contribution in [3.8, 4) is 11.9 Å². The second-order valence-corrected chi connectivity index (χ2v) is 12.0. The zero-order chi connectivity index (χ0) is 28.6. The number of nitrogen functional groups attached to an aromatic ring is 2. The van der Waals surface area contributed by atoms with Gasteiger partial charge in [0.15, 0.2) is 11.6 Å². The molecular weight excluding hydrogens is 640 g/mol. The van der Waals surface area contributed by atoms with Crippen LogP contribution in [0.3, 0.4) is 0 Å².